The number of hydrogen-bond donors (Lipinski definition) is 3. The Balaban J connectivity index is 3.05. The topological polar surface area (TPSA) is 106 Å². The van der Waals surface area contributed by atoms with Crippen LogP contribution in [0.2, 0.25) is 0 Å². The van der Waals surface area contributed by atoms with Crippen LogP contribution in [0.4, 0.5) is 0 Å². The molecule has 0 saturated carbocycles. The van der Waals surface area contributed by atoms with E-state index >= 15 is 0 Å². The standard InChI is InChI=1S/C13H23N5O2/c1-5-9-8-10(18(4)16-9)11(19)15-13(6-2,7-3)12(14)17-20/h8,20H,5-7H2,1-4H3,(H2,14,17)(H,15,19). The number of rotatable bonds is 6. The van der Waals surface area contributed by atoms with E-state index in [1.54, 1.807) is 13.1 Å². The Morgan fingerprint density at radius 1 is 1.50 bits per heavy atom. The molecule has 1 rings (SSSR count). The highest BCUT2D eigenvalue weighted by atomic mass is 16.4. The van der Waals surface area contributed by atoms with Crippen molar-refractivity contribution in [1.29, 1.82) is 0 Å². The van der Waals surface area contributed by atoms with Crippen LogP contribution >= 0.6 is 0 Å². The summed E-state index contributed by atoms with van der Waals surface area (Å²) in [5.74, 6) is -0.274. The van der Waals surface area contributed by atoms with E-state index in [9.17, 15) is 4.79 Å². The number of nitrogens with zero attached hydrogens (tertiary/aromatic N) is 3. The molecule has 0 fully saturated rings. The minimum Gasteiger partial charge on any atom is -0.409 e. The lowest BCUT2D eigenvalue weighted by atomic mass is 9.91. The first-order valence-electron chi connectivity index (χ1n) is 6.77. The summed E-state index contributed by atoms with van der Waals surface area (Å²) in [5.41, 5.74) is 6.19. The largest absolute Gasteiger partial charge is 0.409 e. The molecule has 1 aromatic rings. The van der Waals surface area contributed by atoms with Gasteiger partial charge in [0, 0.05) is 7.05 Å². The van der Waals surface area contributed by atoms with Crippen molar-refractivity contribution in [2.45, 2.75) is 45.6 Å². The van der Waals surface area contributed by atoms with Gasteiger partial charge in [0.2, 0.25) is 0 Å². The number of oxime groups is 1. The number of carbonyl (C=O) groups excluding carboxylic acids is 1. The van der Waals surface area contributed by atoms with Gasteiger partial charge in [0.1, 0.15) is 11.2 Å². The van der Waals surface area contributed by atoms with Gasteiger partial charge in [-0.25, -0.2) is 0 Å². The van der Waals surface area contributed by atoms with Gasteiger partial charge >= 0.3 is 0 Å². The van der Waals surface area contributed by atoms with E-state index in [1.807, 2.05) is 20.8 Å². The molecular weight excluding hydrogens is 258 g/mol. The zero-order valence-electron chi connectivity index (χ0n) is 12.5. The predicted octanol–water partition coefficient (Wildman–Crippen LogP) is 1.02. The molecule has 1 amide bonds. The van der Waals surface area contributed by atoms with Crippen molar-refractivity contribution in [3.63, 3.8) is 0 Å². The third kappa shape index (κ3) is 2.92. The molecule has 112 valence electrons. The number of nitrogens with two attached hydrogens (primary N) is 1. The van der Waals surface area contributed by atoms with Crippen LogP contribution < -0.4 is 11.1 Å². The molecule has 0 spiro atoms. The first-order chi connectivity index (χ1) is 9.43. The van der Waals surface area contributed by atoms with Crippen LogP contribution in [0.1, 0.15) is 49.8 Å². The Bertz CT molecular complexity index is 503. The summed E-state index contributed by atoms with van der Waals surface area (Å²) in [5, 5.41) is 19.1. The fraction of sp³-hybridized carbons (Fsp3) is 0.615. The SMILES string of the molecule is CCc1cc(C(=O)NC(CC)(CC)C(N)=NO)n(C)n1. The number of amidine groups is 1. The van der Waals surface area contributed by atoms with Gasteiger partial charge in [0.25, 0.3) is 5.91 Å². The predicted molar refractivity (Wildman–Crippen MR) is 76.8 cm³/mol. The second-order valence-corrected chi connectivity index (χ2v) is 4.73. The summed E-state index contributed by atoms with van der Waals surface area (Å²) in [4.78, 5) is 12.4. The minimum atomic E-state index is -0.845. The molecule has 0 atom stereocenters. The van der Waals surface area contributed by atoms with Crippen molar-refractivity contribution in [2.75, 3.05) is 0 Å². The van der Waals surface area contributed by atoms with Gasteiger partial charge in [0.15, 0.2) is 5.84 Å². The minimum absolute atomic E-state index is 0.00809. The molecule has 0 aliphatic carbocycles. The van der Waals surface area contributed by atoms with Crippen LogP contribution in [0, 0.1) is 0 Å². The highest BCUT2D eigenvalue weighted by molar-refractivity contribution is 5.99. The molecule has 0 saturated heterocycles. The van der Waals surface area contributed by atoms with E-state index in [-0.39, 0.29) is 11.7 Å². The third-order valence-corrected chi connectivity index (χ3v) is 3.68. The van der Waals surface area contributed by atoms with Crippen LogP contribution in [0.15, 0.2) is 11.2 Å². The van der Waals surface area contributed by atoms with E-state index in [0.717, 1.165) is 12.1 Å². The molecule has 0 radical (unpaired) electrons. The van der Waals surface area contributed by atoms with Gasteiger partial charge in [-0.15, -0.1) is 0 Å². The summed E-state index contributed by atoms with van der Waals surface area (Å²) < 4.78 is 1.54. The molecule has 1 heterocycles. The van der Waals surface area contributed by atoms with Crippen LogP contribution in [0.25, 0.3) is 0 Å². The highest BCUT2D eigenvalue weighted by Gasteiger charge is 2.34. The van der Waals surface area contributed by atoms with Crippen LogP contribution in [0.5, 0.6) is 0 Å². The summed E-state index contributed by atoms with van der Waals surface area (Å²) in [6.45, 7) is 5.73. The third-order valence-electron chi connectivity index (χ3n) is 3.68. The van der Waals surface area contributed by atoms with E-state index < -0.39 is 5.54 Å². The van der Waals surface area contributed by atoms with E-state index in [4.69, 9.17) is 10.9 Å². The zero-order chi connectivity index (χ0) is 15.3. The molecule has 1 aromatic heterocycles. The maximum Gasteiger partial charge on any atom is 0.270 e. The average molecular weight is 281 g/mol. The molecular formula is C13H23N5O2. The van der Waals surface area contributed by atoms with Crippen LogP contribution in [-0.4, -0.2) is 32.3 Å². The smallest absolute Gasteiger partial charge is 0.270 e. The van der Waals surface area contributed by atoms with Crippen molar-refractivity contribution in [3.8, 4) is 0 Å². The molecule has 7 nitrogen and oxygen atoms in total. The second-order valence-electron chi connectivity index (χ2n) is 4.73. The van der Waals surface area contributed by atoms with Gasteiger partial charge in [-0.3, -0.25) is 9.48 Å². The lowest BCUT2D eigenvalue weighted by molar-refractivity contribution is 0.0908. The summed E-state index contributed by atoms with van der Waals surface area (Å²) in [6, 6.07) is 1.75. The maximum absolute atomic E-state index is 12.4. The fourth-order valence-electron chi connectivity index (χ4n) is 2.14. The molecule has 20 heavy (non-hydrogen) atoms. The lowest BCUT2D eigenvalue weighted by Crippen LogP contribution is -2.57. The molecule has 0 aliphatic rings. The normalized spacial score (nSPS) is 12.5. The number of nitrogens with one attached hydrogen (secondary N) is 1. The average Bonchev–Trinajstić information content (AvgIpc) is 2.85. The molecule has 0 aromatic carbocycles. The maximum atomic E-state index is 12.4. The molecule has 0 aliphatic heterocycles. The van der Waals surface area contributed by atoms with Crippen molar-refractivity contribution in [2.24, 2.45) is 17.9 Å². The zero-order valence-corrected chi connectivity index (χ0v) is 12.5. The second kappa shape index (κ2) is 6.40. The van der Waals surface area contributed by atoms with Gasteiger partial charge in [-0.2, -0.15) is 5.10 Å². The van der Waals surface area contributed by atoms with Crippen molar-refractivity contribution < 1.29 is 10.0 Å². The first-order valence-corrected chi connectivity index (χ1v) is 6.77. The summed E-state index contributed by atoms with van der Waals surface area (Å²) in [7, 11) is 1.72. The van der Waals surface area contributed by atoms with Gasteiger partial charge in [-0.1, -0.05) is 25.9 Å². The van der Waals surface area contributed by atoms with Crippen LogP contribution in [0.3, 0.4) is 0 Å². The van der Waals surface area contributed by atoms with E-state index in [0.29, 0.717) is 18.5 Å². The summed E-state index contributed by atoms with van der Waals surface area (Å²) >= 11 is 0. The molecule has 0 unspecified atom stereocenters. The first kappa shape index (κ1) is 16.0. The van der Waals surface area contributed by atoms with Gasteiger partial charge in [0.05, 0.1) is 5.69 Å². The fourth-order valence-corrected chi connectivity index (χ4v) is 2.14. The molecule has 0 bridgehead atoms. The lowest BCUT2D eigenvalue weighted by Gasteiger charge is -2.31. The number of aromatic nitrogens is 2. The van der Waals surface area contributed by atoms with E-state index in [2.05, 4.69) is 15.6 Å². The number of aryl methyl sites for hydroxylation is 2. The summed E-state index contributed by atoms with van der Waals surface area (Å²) in [6.07, 6.45) is 1.82. The number of carbonyl (C=O) groups is 1. The Morgan fingerprint density at radius 2 is 2.10 bits per heavy atom. The highest BCUT2D eigenvalue weighted by Crippen LogP contribution is 2.17. The van der Waals surface area contributed by atoms with Crippen molar-refractivity contribution in [1.82, 2.24) is 15.1 Å². The number of hydrogen-bond acceptors (Lipinski definition) is 4. The van der Waals surface area contributed by atoms with E-state index in [1.165, 1.54) is 4.68 Å². The Kier molecular flexibility index (Phi) is 5.12. The Morgan fingerprint density at radius 3 is 2.50 bits per heavy atom. The van der Waals surface area contributed by atoms with Crippen molar-refractivity contribution >= 4 is 11.7 Å². The Hall–Kier alpha value is -2.05. The molecule has 4 N–H and O–H groups in total. The van der Waals surface area contributed by atoms with Gasteiger partial charge < -0.3 is 16.3 Å². The molecule has 7 heteroatoms. The monoisotopic (exact) mass is 281 g/mol. The van der Waals surface area contributed by atoms with Crippen molar-refractivity contribution in [3.05, 3.63) is 17.5 Å². The van der Waals surface area contributed by atoms with Gasteiger partial charge in [-0.05, 0) is 25.3 Å². The Labute approximate surface area is 118 Å². The number of amides is 1. The quantitative estimate of drug-likeness (QED) is 0.313. The van der Waals surface area contributed by atoms with Crippen LogP contribution in [-0.2, 0) is 13.5 Å².